The van der Waals surface area contributed by atoms with Gasteiger partial charge >= 0.3 is 0 Å². The number of hydrogen-bond acceptors (Lipinski definition) is 2. The molecule has 1 unspecified atom stereocenters. The highest BCUT2D eigenvalue weighted by molar-refractivity contribution is 5.92. The van der Waals surface area contributed by atoms with Gasteiger partial charge in [0.05, 0.1) is 18.4 Å². The van der Waals surface area contributed by atoms with Crippen molar-refractivity contribution < 1.29 is 0 Å². The van der Waals surface area contributed by atoms with E-state index in [-0.39, 0.29) is 5.92 Å². The van der Waals surface area contributed by atoms with Crippen molar-refractivity contribution in [2.75, 3.05) is 0 Å². The number of aromatic amines is 1. The number of benzene rings is 3. The number of rotatable bonds is 5. The Kier molecular flexibility index (Phi) is 4.22. The molecule has 1 N–H and O–H groups in total. The second-order valence-electron chi connectivity index (χ2n) is 6.91. The van der Waals surface area contributed by atoms with Crippen LogP contribution in [0.3, 0.4) is 0 Å². The first kappa shape index (κ1) is 16.5. The van der Waals surface area contributed by atoms with E-state index in [0.29, 0.717) is 0 Å². The molecule has 5 aromatic rings. The molecule has 0 aliphatic heterocycles. The summed E-state index contributed by atoms with van der Waals surface area (Å²) < 4.78 is 1.91. The summed E-state index contributed by atoms with van der Waals surface area (Å²) in [7, 11) is 0. The van der Waals surface area contributed by atoms with E-state index in [1.54, 1.807) is 6.20 Å². The van der Waals surface area contributed by atoms with Gasteiger partial charge in [0, 0.05) is 23.0 Å². The molecule has 0 aliphatic rings. The Labute approximate surface area is 163 Å². The van der Waals surface area contributed by atoms with Crippen molar-refractivity contribution in [2.45, 2.75) is 12.5 Å². The average molecular weight is 364 g/mol. The number of hydrogen-bond donors (Lipinski definition) is 1. The van der Waals surface area contributed by atoms with Crippen LogP contribution in [0.4, 0.5) is 0 Å². The van der Waals surface area contributed by atoms with E-state index >= 15 is 0 Å². The Balaban J connectivity index is 1.76. The maximum absolute atomic E-state index is 4.23. The first-order valence-electron chi connectivity index (χ1n) is 9.45. The zero-order valence-electron chi connectivity index (χ0n) is 15.4. The smallest absolute Gasteiger partial charge is 0.0692 e. The molecule has 0 fully saturated rings. The van der Waals surface area contributed by atoms with Crippen LogP contribution in [0.25, 0.3) is 22.2 Å². The van der Waals surface area contributed by atoms with Gasteiger partial charge < -0.3 is 4.98 Å². The van der Waals surface area contributed by atoms with Gasteiger partial charge in [0.1, 0.15) is 0 Å². The SMILES string of the molecule is c1ccc(-c2[nH]c3ccccc3c2C(Cn2ccnn2)c2ccccc2)cc1. The van der Waals surface area contributed by atoms with Crippen LogP contribution < -0.4 is 0 Å². The summed E-state index contributed by atoms with van der Waals surface area (Å²) in [6.07, 6.45) is 3.66. The topological polar surface area (TPSA) is 46.5 Å². The first-order valence-corrected chi connectivity index (χ1v) is 9.45. The average Bonchev–Trinajstić information content (AvgIpc) is 3.41. The Hall–Kier alpha value is -3.66. The number of nitrogens with zero attached hydrogens (tertiary/aromatic N) is 3. The van der Waals surface area contributed by atoms with Crippen molar-refractivity contribution in [3.8, 4) is 11.3 Å². The largest absolute Gasteiger partial charge is 0.354 e. The van der Waals surface area contributed by atoms with Crippen LogP contribution >= 0.6 is 0 Å². The van der Waals surface area contributed by atoms with E-state index in [4.69, 9.17) is 0 Å². The monoisotopic (exact) mass is 364 g/mol. The van der Waals surface area contributed by atoms with E-state index in [1.807, 2.05) is 10.9 Å². The summed E-state index contributed by atoms with van der Waals surface area (Å²) in [5.74, 6) is 0.147. The maximum atomic E-state index is 4.23. The van der Waals surface area contributed by atoms with E-state index in [2.05, 4.69) is 100 Å². The molecule has 0 aliphatic carbocycles. The summed E-state index contributed by atoms with van der Waals surface area (Å²) in [4.78, 5) is 3.67. The Morgan fingerprint density at radius 2 is 1.54 bits per heavy atom. The highest BCUT2D eigenvalue weighted by Gasteiger charge is 2.24. The normalized spacial score (nSPS) is 12.3. The quantitative estimate of drug-likeness (QED) is 0.462. The van der Waals surface area contributed by atoms with Crippen molar-refractivity contribution in [2.24, 2.45) is 0 Å². The standard InChI is InChI=1S/C24H20N4/c1-3-9-18(10-4-1)21(17-28-16-15-25-27-28)23-20-13-7-8-14-22(20)26-24(23)19-11-5-2-6-12-19/h1-16,21,26H,17H2. The molecule has 0 saturated carbocycles. The van der Waals surface area contributed by atoms with Crippen LogP contribution in [-0.2, 0) is 6.54 Å². The third kappa shape index (κ3) is 2.99. The molecule has 4 nitrogen and oxygen atoms in total. The number of aromatic nitrogens is 4. The minimum absolute atomic E-state index is 0.147. The Morgan fingerprint density at radius 1 is 0.821 bits per heavy atom. The third-order valence-electron chi connectivity index (χ3n) is 5.20. The molecule has 0 amide bonds. The molecule has 0 radical (unpaired) electrons. The minimum atomic E-state index is 0.147. The van der Waals surface area contributed by atoms with Gasteiger partial charge in [-0.1, -0.05) is 84.1 Å². The van der Waals surface area contributed by atoms with Gasteiger partial charge in [-0.15, -0.1) is 5.10 Å². The van der Waals surface area contributed by atoms with Gasteiger partial charge in [-0.25, -0.2) is 0 Å². The van der Waals surface area contributed by atoms with Crippen LogP contribution in [0.5, 0.6) is 0 Å². The van der Waals surface area contributed by atoms with Crippen molar-refractivity contribution in [3.05, 3.63) is 108 Å². The molecule has 4 heteroatoms. The zero-order chi connectivity index (χ0) is 18.8. The van der Waals surface area contributed by atoms with E-state index in [9.17, 15) is 0 Å². The van der Waals surface area contributed by atoms with Gasteiger partial charge in [-0.3, -0.25) is 4.68 Å². The second-order valence-corrected chi connectivity index (χ2v) is 6.91. The molecular formula is C24H20N4. The molecular weight excluding hydrogens is 344 g/mol. The van der Waals surface area contributed by atoms with E-state index in [1.165, 1.54) is 22.1 Å². The van der Waals surface area contributed by atoms with Crippen LogP contribution in [0, 0.1) is 0 Å². The van der Waals surface area contributed by atoms with Crippen molar-refractivity contribution in [1.29, 1.82) is 0 Å². The number of H-pyrrole nitrogens is 1. The number of nitrogens with one attached hydrogen (secondary N) is 1. The lowest BCUT2D eigenvalue weighted by atomic mass is 9.87. The Bertz CT molecular complexity index is 1180. The molecule has 0 spiro atoms. The molecule has 1 atom stereocenters. The van der Waals surface area contributed by atoms with Gasteiger partial charge in [0.25, 0.3) is 0 Å². The fourth-order valence-electron chi connectivity index (χ4n) is 3.92. The van der Waals surface area contributed by atoms with Gasteiger partial charge in [-0.2, -0.15) is 0 Å². The van der Waals surface area contributed by atoms with Gasteiger partial charge in [0.15, 0.2) is 0 Å². The first-order chi connectivity index (χ1) is 13.9. The van der Waals surface area contributed by atoms with Crippen LogP contribution in [0.15, 0.2) is 97.3 Å². The number of fused-ring (bicyclic) bond motifs is 1. The fourth-order valence-corrected chi connectivity index (χ4v) is 3.92. The van der Waals surface area contributed by atoms with Gasteiger partial charge in [-0.05, 0) is 22.8 Å². The molecule has 5 rings (SSSR count). The summed E-state index contributed by atoms with van der Waals surface area (Å²) in [5, 5.41) is 9.47. The van der Waals surface area contributed by atoms with Crippen molar-refractivity contribution >= 4 is 10.9 Å². The summed E-state index contributed by atoms with van der Waals surface area (Å²) in [6.45, 7) is 0.728. The van der Waals surface area contributed by atoms with Gasteiger partial charge in [0.2, 0.25) is 0 Å². The summed E-state index contributed by atoms with van der Waals surface area (Å²) in [5.41, 5.74) is 6.06. The summed E-state index contributed by atoms with van der Waals surface area (Å²) >= 11 is 0. The van der Waals surface area contributed by atoms with E-state index < -0.39 is 0 Å². The van der Waals surface area contributed by atoms with Crippen LogP contribution in [0.1, 0.15) is 17.0 Å². The third-order valence-corrected chi connectivity index (χ3v) is 5.20. The predicted octanol–water partition coefficient (Wildman–Crippen LogP) is 5.26. The molecule has 136 valence electrons. The lowest BCUT2D eigenvalue weighted by Crippen LogP contribution is -2.12. The van der Waals surface area contributed by atoms with Crippen LogP contribution in [0.2, 0.25) is 0 Å². The highest BCUT2D eigenvalue weighted by atomic mass is 15.4. The van der Waals surface area contributed by atoms with Crippen molar-refractivity contribution in [3.63, 3.8) is 0 Å². The predicted molar refractivity (Wildman–Crippen MR) is 112 cm³/mol. The minimum Gasteiger partial charge on any atom is -0.354 e. The fraction of sp³-hybridized carbons (Fsp3) is 0.0833. The molecule has 2 aromatic heterocycles. The molecule has 2 heterocycles. The van der Waals surface area contributed by atoms with Crippen LogP contribution in [-0.4, -0.2) is 20.0 Å². The van der Waals surface area contributed by atoms with Crippen molar-refractivity contribution in [1.82, 2.24) is 20.0 Å². The number of para-hydroxylation sites is 1. The molecule has 0 bridgehead atoms. The molecule has 28 heavy (non-hydrogen) atoms. The molecule has 3 aromatic carbocycles. The lowest BCUT2D eigenvalue weighted by molar-refractivity contribution is 0.547. The maximum Gasteiger partial charge on any atom is 0.0692 e. The second kappa shape index (κ2) is 7.16. The summed E-state index contributed by atoms with van der Waals surface area (Å²) in [6, 6.07) is 29.7. The Morgan fingerprint density at radius 3 is 2.29 bits per heavy atom. The zero-order valence-corrected chi connectivity index (χ0v) is 15.4. The highest BCUT2D eigenvalue weighted by Crippen LogP contribution is 2.39. The molecule has 0 saturated heterocycles. The van der Waals surface area contributed by atoms with E-state index in [0.717, 1.165) is 17.8 Å². The lowest BCUT2D eigenvalue weighted by Gasteiger charge is -2.19.